The van der Waals surface area contributed by atoms with Crippen molar-refractivity contribution in [1.29, 1.82) is 0 Å². The number of hydrogen-bond acceptors (Lipinski definition) is 4. The minimum atomic E-state index is -0.656. The summed E-state index contributed by atoms with van der Waals surface area (Å²) in [6.07, 6.45) is 1.08. The van der Waals surface area contributed by atoms with Crippen molar-refractivity contribution in [2.45, 2.75) is 0 Å². The summed E-state index contributed by atoms with van der Waals surface area (Å²) >= 11 is 0. The maximum absolute atomic E-state index is 13.4. The molecular formula is C11H9F2N3O. The first-order chi connectivity index (χ1) is 8.19. The van der Waals surface area contributed by atoms with Gasteiger partial charge < -0.3 is 10.1 Å². The highest BCUT2D eigenvalue weighted by Crippen LogP contribution is 2.22. The average molecular weight is 237 g/mol. The van der Waals surface area contributed by atoms with Crippen LogP contribution >= 0.6 is 0 Å². The first-order valence-electron chi connectivity index (χ1n) is 4.77. The Hall–Kier alpha value is -2.24. The number of ether oxygens (including phenoxy) is 1. The van der Waals surface area contributed by atoms with E-state index in [4.69, 9.17) is 4.74 Å². The van der Waals surface area contributed by atoms with E-state index in [9.17, 15) is 8.78 Å². The fourth-order valence-corrected chi connectivity index (χ4v) is 1.29. The fraction of sp³-hybridized carbons (Fsp3) is 0.0909. The van der Waals surface area contributed by atoms with Crippen molar-refractivity contribution in [3.8, 4) is 5.75 Å². The van der Waals surface area contributed by atoms with Crippen molar-refractivity contribution in [2.75, 3.05) is 12.4 Å². The Morgan fingerprint density at radius 3 is 2.65 bits per heavy atom. The predicted octanol–water partition coefficient (Wildman–Crippen LogP) is 2.51. The number of rotatable bonds is 3. The smallest absolute Gasteiger partial charge is 0.218 e. The average Bonchev–Trinajstić information content (AvgIpc) is 2.29. The SMILES string of the molecule is COc1ccc(Nc2cc(F)ncn2)cc1F. The summed E-state index contributed by atoms with van der Waals surface area (Å²) < 4.78 is 30.9. The molecule has 0 amide bonds. The van der Waals surface area contributed by atoms with Crippen LogP contribution in [0.1, 0.15) is 0 Å². The van der Waals surface area contributed by atoms with Crippen LogP contribution in [-0.2, 0) is 0 Å². The van der Waals surface area contributed by atoms with E-state index in [1.165, 1.54) is 19.2 Å². The molecule has 1 heterocycles. The third-order valence-corrected chi connectivity index (χ3v) is 2.06. The molecule has 0 spiro atoms. The molecule has 0 aliphatic rings. The molecule has 1 aromatic heterocycles. The third kappa shape index (κ3) is 2.66. The van der Waals surface area contributed by atoms with Gasteiger partial charge in [-0.15, -0.1) is 0 Å². The standard InChI is InChI=1S/C11H9F2N3O/c1-17-9-3-2-7(4-8(9)12)16-11-5-10(13)14-6-15-11/h2-6H,1H3,(H,14,15,16). The highest BCUT2D eigenvalue weighted by Gasteiger charge is 2.04. The van der Waals surface area contributed by atoms with Gasteiger partial charge in [-0.1, -0.05) is 0 Å². The summed E-state index contributed by atoms with van der Waals surface area (Å²) in [6.45, 7) is 0. The lowest BCUT2D eigenvalue weighted by Gasteiger charge is -2.07. The Bertz CT molecular complexity index is 534. The van der Waals surface area contributed by atoms with Crippen molar-refractivity contribution >= 4 is 11.5 Å². The molecule has 4 nitrogen and oxygen atoms in total. The molecule has 0 atom stereocenters. The summed E-state index contributed by atoms with van der Waals surface area (Å²) in [5.41, 5.74) is 0.446. The number of benzene rings is 1. The second kappa shape index (κ2) is 4.73. The summed E-state index contributed by atoms with van der Waals surface area (Å²) in [6, 6.07) is 5.41. The molecule has 0 aliphatic heterocycles. The van der Waals surface area contributed by atoms with E-state index in [0.717, 1.165) is 12.4 Å². The largest absolute Gasteiger partial charge is 0.494 e. The van der Waals surface area contributed by atoms with Gasteiger partial charge in [0.1, 0.15) is 12.1 Å². The molecule has 1 aromatic carbocycles. The minimum Gasteiger partial charge on any atom is -0.494 e. The number of anilines is 2. The summed E-state index contributed by atoms with van der Waals surface area (Å²) in [7, 11) is 1.38. The van der Waals surface area contributed by atoms with E-state index < -0.39 is 11.8 Å². The zero-order valence-electron chi connectivity index (χ0n) is 8.95. The predicted molar refractivity (Wildman–Crippen MR) is 58.2 cm³/mol. The van der Waals surface area contributed by atoms with Gasteiger partial charge in [-0.3, -0.25) is 0 Å². The Morgan fingerprint density at radius 2 is 2.00 bits per heavy atom. The third-order valence-electron chi connectivity index (χ3n) is 2.06. The zero-order chi connectivity index (χ0) is 12.3. The Labute approximate surface area is 96.3 Å². The second-order valence-electron chi connectivity index (χ2n) is 3.20. The molecule has 0 unspecified atom stereocenters. The molecule has 17 heavy (non-hydrogen) atoms. The fourth-order valence-electron chi connectivity index (χ4n) is 1.29. The van der Waals surface area contributed by atoms with Crippen LogP contribution in [0, 0.1) is 11.8 Å². The van der Waals surface area contributed by atoms with Gasteiger partial charge in [0.05, 0.1) is 7.11 Å². The molecule has 0 saturated carbocycles. The molecule has 6 heteroatoms. The lowest BCUT2D eigenvalue weighted by atomic mass is 10.3. The Balaban J connectivity index is 2.22. The van der Waals surface area contributed by atoms with E-state index in [-0.39, 0.29) is 11.6 Å². The van der Waals surface area contributed by atoms with E-state index in [1.807, 2.05) is 0 Å². The van der Waals surface area contributed by atoms with Gasteiger partial charge in [-0.2, -0.15) is 4.39 Å². The minimum absolute atomic E-state index is 0.143. The number of nitrogens with zero attached hydrogens (tertiary/aromatic N) is 2. The van der Waals surface area contributed by atoms with E-state index >= 15 is 0 Å². The van der Waals surface area contributed by atoms with Gasteiger partial charge in [-0.25, -0.2) is 14.4 Å². The highest BCUT2D eigenvalue weighted by atomic mass is 19.1. The van der Waals surface area contributed by atoms with Crippen LogP contribution in [0.15, 0.2) is 30.6 Å². The van der Waals surface area contributed by atoms with Gasteiger partial charge >= 0.3 is 0 Å². The molecule has 0 aliphatic carbocycles. The lowest BCUT2D eigenvalue weighted by molar-refractivity contribution is 0.386. The topological polar surface area (TPSA) is 47.0 Å². The Morgan fingerprint density at radius 1 is 1.18 bits per heavy atom. The Kier molecular flexibility index (Phi) is 3.13. The van der Waals surface area contributed by atoms with Crippen molar-refractivity contribution in [3.63, 3.8) is 0 Å². The van der Waals surface area contributed by atoms with Gasteiger partial charge in [-0.05, 0) is 12.1 Å². The highest BCUT2D eigenvalue weighted by molar-refractivity contribution is 5.57. The maximum atomic E-state index is 13.4. The van der Waals surface area contributed by atoms with E-state index in [1.54, 1.807) is 6.07 Å². The van der Waals surface area contributed by atoms with Crippen molar-refractivity contribution < 1.29 is 13.5 Å². The van der Waals surface area contributed by atoms with Gasteiger partial charge in [0.25, 0.3) is 0 Å². The molecule has 0 bridgehead atoms. The molecule has 2 aromatic rings. The van der Waals surface area contributed by atoms with Crippen LogP contribution < -0.4 is 10.1 Å². The van der Waals surface area contributed by atoms with Crippen LogP contribution in [-0.4, -0.2) is 17.1 Å². The normalized spacial score (nSPS) is 10.1. The first kappa shape index (κ1) is 11.3. The quantitative estimate of drug-likeness (QED) is 0.833. The molecule has 0 fully saturated rings. The molecule has 88 valence electrons. The van der Waals surface area contributed by atoms with E-state index in [0.29, 0.717) is 5.69 Å². The zero-order valence-corrected chi connectivity index (χ0v) is 8.95. The van der Waals surface area contributed by atoms with Crippen molar-refractivity contribution in [3.05, 3.63) is 42.4 Å². The number of nitrogens with one attached hydrogen (secondary N) is 1. The molecule has 0 radical (unpaired) electrons. The van der Waals surface area contributed by atoms with Crippen LogP contribution in [0.3, 0.4) is 0 Å². The van der Waals surface area contributed by atoms with Crippen LogP contribution in [0.4, 0.5) is 20.3 Å². The van der Waals surface area contributed by atoms with Gasteiger partial charge in [0, 0.05) is 17.8 Å². The summed E-state index contributed by atoms with van der Waals surface area (Å²) in [5.74, 6) is -0.769. The molecule has 0 saturated heterocycles. The first-order valence-corrected chi connectivity index (χ1v) is 4.77. The number of hydrogen-bond donors (Lipinski definition) is 1. The summed E-state index contributed by atoms with van der Waals surface area (Å²) in [4.78, 5) is 7.11. The van der Waals surface area contributed by atoms with Crippen LogP contribution in [0.2, 0.25) is 0 Å². The van der Waals surface area contributed by atoms with E-state index in [2.05, 4.69) is 15.3 Å². The summed E-state index contributed by atoms with van der Waals surface area (Å²) in [5, 5.41) is 2.75. The number of methoxy groups -OCH3 is 1. The van der Waals surface area contributed by atoms with Gasteiger partial charge in [0.2, 0.25) is 5.95 Å². The molecule has 2 rings (SSSR count). The van der Waals surface area contributed by atoms with Crippen molar-refractivity contribution in [2.24, 2.45) is 0 Å². The molecule has 1 N–H and O–H groups in total. The monoisotopic (exact) mass is 237 g/mol. The molecular weight excluding hydrogens is 228 g/mol. The maximum Gasteiger partial charge on any atom is 0.218 e. The van der Waals surface area contributed by atoms with Gasteiger partial charge in [0.15, 0.2) is 11.6 Å². The lowest BCUT2D eigenvalue weighted by Crippen LogP contribution is -1.97. The van der Waals surface area contributed by atoms with Crippen LogP contribution in [0.25, 0.3) is 0 Å². The number of halogens is 2. The van der Waals surface area contributed by atoms with Crippen molar-refractivity contribution in [1.82, 2.24) is 9.97 Å². The number of aromatic nitrogens is 2. The second-order valence-corrected chi connectivity index (χ2v) is 3.20. The van der Waals surface area contributed by atoms with Crippen LogP contribution in [0.5, 0.6) is 5.75 Å².